The van der Waals surface area contributed by atoms with Gasteiger partial charge in [0, 0.05) is 13.1 Å². The number of aromatic nitrogens is 3. The van der Waals surface area contributed by atoms with Crippen LogP contribution in [0.4, 0.5) is 0 Å². The molecule has 0 unspecified atom stereocenters. The Labute approximate surface area is 120 Å². The van der Waals surface area contributed by atoms with E-state index >= 15 is 0 Å². The van der Waals surface area contributed by atoms with Crippen LogP contribution in [-0.2, 0) is 6.54 Å². The molecule has 1 aromatic heterocycles. The van der Waals surface area contributed by atoms with Gasteiger partial charge in [-0.3, -0.25) is 4.90 Å². The topological polar surface area (TPSA) is 34.0 Å². The maximum Gasteiger partial charge on any atom is 0.137 e. The van der Waals surface area contributed by atoms with E-state index in [0.717, 1.165) is 13.1 Å². The van der Waals surface area contributed by atoms with Crippen LogP contribution in [0.15, 0.2) is 30.9 Å². The fourth-order valence-corrected chi connectivity index (χ4v) is 2.96. The molecule has 1 aliphatic rings. The van der Waals surface area contributed by atoms with Gasteiger partial charge in [-0.05, 0) is 49.9 Å². The first-order valence-corrected chi connectivity index (χ1v) is 7.35. The van der Waals surface area contributed by atoms with Crippen LogP contribution < -0.4 is 0 Å². The number of hydrogen-bond donors (Lipinski definition) is 0. The van der Waals surface area contributed by atoms with E-state index in [-0.39, 0.29) is 0 Å². The van der Waals surface area contributed by atoms with Crippen LogP contribution >= 0.6 is 0 Å². The van der Waals surface area contributed by atoms with Crippen molar-refractivity contribution in [2.75, 3.05) is 13.1 Å². The minimum atomic E-state index is 0.470. The molecule has 0 bridgehead atoms. The number of aryl methyl sites for hydroxylation is 2. The molecule has 0 aliphatic carbocycles. The van der Waals surface area contributed by atoms with Crippen LogP contribution in [-0.4, -0.2) is 32.8 Å². The summed E-state index contributed by atoms with van der Waals surface area (Å²) in [4.78, 5) is 6.59. The minimum absolute atomic E-state index is 0.470. The summed E-state index contributed by atoms with van der Waals surface area (Å²) >= 11 is 0. The van der Waals surface area contributed by atoms with Crippen molar-refractivity contribution in [1.82, 2.24) is 19.7 Å². The highest BCUT2D eigenvalue weighted by Gasteiger charge is 2.21. The van der Waals surface area contributed by atoms with Crippen molar-refractivity contribution < 1.29 is 0 Å². The van der Waals surface area contributed by atoms with E-state index in [1.54, 1.807) is 6.33 Å². The molecule has 1 aromatic carbocycles. The molecule has 20 heavy (non-hydrogen) atoms. The molecule has 1 aliphatic heterocycles. The number of benzene rings is 1. The van der Waals surface area contributed by atoms with Crippen LogP contribution in [0.3, 0.4) is 0 Å². The van der Waals surface area contributed by atoms with Crippen LogP contribution in [0.5, 0.6) is 0 Å². The van der Waals surface area contributed by atoms with E-state index in [1.165, 1.54) is 36.1 Å². The predicted molar refractivity (Wildman–Crippen MR) is 79.5 cm³/mol. The molecule has 2 heterocycles. The predicted octanol–water partition coefficient (Wildman–Crippen LogP) is 2.73. The Balaban J connectivity index is 1.66. The third-order valence-electron chi connectivity index (χ3n) is 4.27. The lowest BCUT2D eigenvalue weighted by atomic mass is 10.0. The summed E-state index contributed by atoms with van der Waals surface area (Å²) in [5.74, 6) is 0. The number of likely N-dealkylation sites (tertiary alicyclic amines) is 1. The number of nitrogens with zero attached hydrogens (tertiary/aromatic N) is 4. The second-order valence-corrected chi connectivity index (χ2v) is 5.83. The molecule has 0 radical (unpaired) electrons. The Bertz CT molecular complexity index is 562. The van der Waals surface area contributed by atoms with E-state index in [1.807, 2.05) is 11.0 Å². The van der Waals surface area contributed by atoms with Crippen molar-refractivity contribution >= 4 is 0 Å². The first-order chi connectivity index (χ1) is 9.72. The van der Waals surface area contributed by atoms with Gasteiger partial charge < -0.3 is 0 Å². The summed E-state index contributed by atoms with van der Waals surface area (Å²) in [6.45, 7) is 7.63. The van der Waals surface area contributed by atoms with Gasteiger partial charge in [0.1, 0.15) is 12.7 Å². The Morgan fingerprint density at radius 3 is 2.90 bits per heavy atom. The van der Waals surface area contributed by atoms with E-state index in [0.29, 0.717) is 6.04 Å². The second kappa shape index (κ2) is 5.75. The van der Waals surface area contributed by atoms with Gasteiger partial charge in [0.15, 0.2) is 0 Å². The smallest absolute Gasteiger partial charge is 0.137 e. The zero-order chi connectivity index (χ0) is 13.9. The molecule has 0 spiro atoms. The number of hydrogen-bond acceptors (Lipinski definition) is 3. The fourth-order valence-electron chi connectivity index (χ4n) is 2.96. The molecule has 4 nitrogen and oxygen atoms in total. The number of rotatable bonds is 3. The van der Waals surface area contributed by atoms with Gasteiger partial charge >= 0.3 is 0 Å². The van der Waals surface area contributed by atoms with E-state index in [9.17, 15) is 0 Å². The summed E-state index contributed by atoms with van der Waals surface area (Å²) < 4.78 is 2.01. The number of piperidine rings is 1. The van der Waals surface area contributed by atoms with Gasteiger partial charge in [-0.2, -0.15) is 5.10 Å². The molecule has 4 heteroatoms. The molecule has 0 amide bonds. The Morgan fingerprint density at radius 2 is 2.15 bits per heavy atom. The van der Waals surface area contributed by atoms with Crippen LogP contribution in [0.2, 0.25) is 0 Å². The first-order valence-electron chi connectivity index (χ1n) is 7.35. The van der Waals surface area contributed by atoms with Crippen molar-refractivity contribution in [3.63, 3.8) is 0 Å². The summed E-state index contributed by atoms with van der Waals surface area (Å²) in [5, 5.41) is 4.29. The zero-order valence-electron chi connectivity index (χ0n) is 12.3. The molecule has 2 aromatic rings. The molecule has 0 N–H and O–H groups in total. The summed E-state index contributed by atoms with van der Waals surface area (Å²) in [5.41, 5.74) is 4.16. The van der Waals surface area contributed by atoms with E-state index < -0.39 is 0 Å². The Morgan fingerprint density at radius 1 is 1.25 bits per heavy atom. The first kappa shape index (κ1) is 13.3. The van der Waals surface area contributed by atoms with Crippen molar-refractivity contribution in [3.05, 3.63) is 47.5 Å². The second-order valence-electron chi connectivity index (χ2n) is 5.83. The molecule has 1 atom stereocenters. The van der Waals surface area contributed by atoms with Crippen molar-refractivity contribution in [2.45, 2.75) is 39.3 Å². The normalized spacial score (nSPS) is 20.2. The van der Waals surface area contributed by atoms with Gasteiger partial charge in [0.25, 0.3) is 0 Å². The van der Waals surface area contributed by atoms with Gasteiger partial charge in [-0.15, -0.1) is 0 Å². The maximum absolute atomic E-state index is 4.29. The van der Waals surface area contributed by atoms with Gasteiger partial charge in [0.05, 0.1) is 6.04 Å². The van der Waals surface area contributed by atoms with Crippen LogP contribution in [0.1, 0.15) is 35.6 Å². The largest absolute Gasteiger partial charge is 0.297 e. The Kier molecular flexibility index (Phi) is 3.83. The highest BCUT2D eigenvalue weighted by atomic mass is 15.3. The Hall–Kier alpha value is -1.68. The molecule has 106 valence electrons. The average Bonchev–Trinajstić information content (AvgIpc) is 2.97. The van der Waals surface area contributed by atoms with E-state index in [2.05, 4.69) is 47.0 Å². The van der Waals surface area contributed by atoms with E-state index in [4.69, 9.17) is 0 Å². The molecule has 0 saturated carbocycles. The van der Waals surface area contributed by atoms with Crippen molar-refractivity contribution in [1.29, 1.82) is 0 Å². The lowest BCUT2D eigenvalue weighted by Crippen LogP contribution is -2.36. The fraction of sp³-hybridized carbons (Fsp3) is 0.500. The maximum atomic E-state index is 4.29. The lowest BCUT2D eigenvalue weighted by molar-refractivity contribution is 0.163. The van der Waals surface area contributed by atoms with Crippen LogP contribution in [0, 0.1) is 13.8 Å². The van der Waals surface area contributed by atoms with Crippen molar-refractivity contribution in [2.24, 2.45) is 0 Å². The third-order valence-corrected chi connectivity index (χ3v) is 4.27. The summed E-state index contributed by atoms with van der Waals surface area (Å²) in [7, 11) is 0. The monoisotopic (exact) mass is 270 g/mol. The molecular formula is C16H22N4. The average molecular weight is 270 g/mol. The SMILES string of the molecule is Cc1ccc(CN2CCC[C@H](n3cncn3)C2)cc1C. The molecule has 1 fully saturated rings. The van der Waals surface area contributed by atoms with Gasteiger partial charge in [-0.25, -0.2) is 9.67 Å². The van der Waals surface area contributed by atoms with Crippen LogP contribution in [0.25, 0.3) is 0 Å². The quantitative estimate of drug-likeness (QED) is 0.860. The summed E-state index contributed by atoms with van der Waals surface area (Å²) in [6, 6.07) is 7.26. The highest BCUT2D eigenvalue weighted by Crippen LogP contribution is 2.22. The highest BCUT2D eigenvalue weighted by molar-refractivity contribution is 5.29. The molecule has 3 rings (SSSR count). The zero-order valence-corrected chi connectivity index (χ0v) is 12.3. The standard InChI is InChI=1S/C16H22N4/c1-13-5-6-15(8-14(13)2)9-19-7-3-4-16(10-19)20-12-17-11-18-20/h5-6,8,11-12,16H,3-4,7,9-10H2,1-2H3/t16-/m0/s1. The molecule has 1 saturated heterocycles. The van der Waals surface area contributed by atoms with Gasteiger partial charge in [-0.1, -0.05) is 18.2 Å². The lowest BCUT2D eigenvalue weighted by Gasteiger charge is -2.32. The summed E-state index contributed by atoms with van der Waals surface area (Å²) in [6.07, 6.45) is 5.90. The third kappa shape index (κ3) is 2.90. The molecular weight excluding hydrogens is 248 g/mol. The van der Waals surface area contributed by atoms with Crippen molar-refractivity contribution in [3.8, 4) is 0 Å². The minimum Gasteiger partial charge on any atom is -0.297 e. The van der Waals surface area contributed by atoms with Gasteiger partial charge in [0.2, 0.25) is 0 Å².